The zero-order valence-electron chi connectivity index (χ0n) is 11.7. The number of pyridine rings is 1. The molecule has 106 valence electrons. The Hall–Kier alpha value is -1.49. The molecule has 0 aliphatic rings. The zero-order chi connectivity index (χ0) is 14.9. The first kappa shape index (κ1) is 14.9. The Morgan fingerprint density at radius 1 is 1.25 bits per heavy atom. The third-order valence-electron chi connectivity index (χ3n) is 3.55. The summed E-state index contributed by atoms with van der Waals surface area (Å²) in [6.07, 6.45) is 1.60. The van der Waals surface area contributed by atoms with Gasteiger partial charge in [-0.1, -0.05) is 48.8 Å². The third kappa shape index (κ3) is 2.68. The summed E-state index contributed by atoms with van der Waals surface area (Å²) in [6.45, 7) is 6.42. The lowest BCUT2D eigenvalue weighted by atomic mass is 9.84. The van der Waals surface area contributed by atoms with Gasteiger partial charge in [0.25, 0.3) is 5.69 Å². The second-order valence-corrected chi connectivity index (χ2v) is 6.72. The number of fused-ring (bicyclic) bond motifs is 1. The van der Waals surface area contributed by atoms with Crippen molar-refractivity contribution < 1.29 is 4.92 Å². The van der Waals surface area contributed by atoms with Crippen LogP contribution in [0.2, 0.25) is 0 Å². The standard InChI is InChI=1S/C15H17BrN2O2/c1-9(2)14(10(3)16)11-6-7-13(18(19)20)15-12(11)5-4-8-17-15/h4-10,14H,1-3H3. The van der Waals surface area contributed by atoms with Crippen molar-refractivity contribution in [2.45, 2.75) is 31.5 Å². The summed E-state index contributed by atoms with van der Waals surface area (Å²) in [5, 5.41) is 12.0. The SMILES string of the molecule is CC(C)C(c1ccc([N+](=O)[O-])c2ncccc12)C(C)Br. The maximum absolute atomic E-state index is 11.1. The van der Waals surface area contributed by atoms with Crippen LogP contribution in [0.5, 0.6) is 0 Å². The van der Waals surface area contributed by atoms with Crippen molar-refractivity contribution in [2.75, 3.05) is 0 Å². The first-order chi connectivity index (χ1) is 9.43. The van der Waals surface area contributed by atoms with Gasteiger partial charge in [0, 0.05) is 22.5 Å². The number of rotatable bonds is 4. The topological polar surface area (TPSA) is 56.0 Å². The first-order valence-corrected chi connectivity index (χ1v) is 7.51. The zero-order valence-corrected chi connectivity index (χ0v) is 13.3. The molecular formula is C15H17BrN2O2. The molecule has 1 aromatic carbocycles. The van der Waals surface area contributed by atoms with Crippen molar-refractivity contribution in [3.8, 4) is 0 Å². The van der Waals surface area contributed by atoms with Gasteiger partial charge in [0.1, 0.15) is 5.52 Å². The van der Waals surface area contributed by atoms with Crippen LogP contribution in [0.25, 0.3) is 10.9 Å². The fourth-order valence-electron chi connectivity index (χ4n) is 2.75. The molecule has 1 aromatic heterocycles. The monoisotopic (exact) mass is 336 g/mol. The largest absolute Gasteiger partial charge is 0.295 e. The smallest absolute Gasteiger partial charge is 0.258 e. The Kier molecular flexibility index (Phi) is 4.38. The molecule has 0 aliphatic heterocycles. The van der Waals surface area contributed by atoms with E-state index in [1.54, 1.807) is 12.3 Å². The minimum Gasteiger partial charge on any atom is -0.258 e. The molecule has 1 heterocycles. The first-order valence-electron chi connectivity index (χ1n) is 6.59. The number of benzene rings is 1. The highest BCUT2D eigenvalue weighted by Gasteiger charge is 2.25. The normalized spacial score (nSPS) is 14.4. The number of alkyl halides is 1. The van der Waals surface area contributed by atoms with E-state index in [1.165, 1.54) is 0 Å². The van der Waals surface area contributed by atoms with Crippen LogP contribution in [0.1, 0.15) is 32.3 Å². The predicted molar refractivity (Wildman–Crippen MR) is 84.4 cm³/mol. The van der Waals surface area contributed by atoms with E-state index in [4.69, 9.17) is 0 Å². The van der Waals surface area contributed by atoms with Crippen molar-refractivity contribution in [3.05, 3.63) is 46.1 Å². The third-order valence-corrected chi connectivity index (χ3v) is 4.12. The minimum atomic E-state index is -0.374. The summed E-state index contributed by atoms with van der Waals surface area (Å²) in [4.78, 5) is 15.2. The summed E-state index contributed by atoms with van der Waals surface area (Å²) < 4.78 is 0. The highest BCUT2D eigenvalue weighted by atomic mass is 79.9. The molecule has 4 nitrogen and oxygen atoms in total. The Balaban J connectivity index is 2.73. The molecule has 0 saturated heterocycles. The van der Waals surface area contributed by atoms with Gasteiger partial charge in [0.15, 0.2) is 0 Å². The summed E-state index contributed by atoms with van der Waals surface area (Å²) >= 11 is 3.66. The van der Waals surface area contributed by atoms with Crippen LogP contribution in [0.3, 0.4) is 0 Å². The van der Waals surface area contributed by atoms with E-state index < -0.39 is 0 Å². The average Bonchev–Trinajstić information content (AvgIpc) is 2.37. The highest BCUT2D eigenvalue weighted by molar-refractivity contribution is 9.09. The summed E-state index contributed by atoms with van der Waals surface area (Å²) in [5.74, 6) is 0.705. The number of non-ortho nitro benzene ring substituents is 1. The number of nitro benzene ring substituents is 1. The molecule has 2 atom stereocenters. The van der Waals surface area contributed by atoms with Crippen LogP contribution in [-0.4, -0.2) is 14.7 Å². The summed E-state index contributed by atoms with van der Waals surface area (Å²) in [6, 6.07) is 7.17. The maximum Gasteiger partial charge on any atom is 0.295 e. The second kappa shape index (κ2) is 5.87. The quantitative estimate of drug-likeness (QED) is 0.463. The molecule has 0 spiro atoms. The van der Waals surface area contributed by atoms with E-state index in [2.05, 4.69) is 41.7 Å². The Labute approximate surface area is 126 Å². The van der Waals surface area contributed by atoms with Gasteiger partial charge in [-0.15, -0.1) is 0 Å². The Morgan fingerprint density at radius 2 is 1.95 bits per heavy atom. The molecule has 2 unspecified atom stereocenters. The molecule has 0 aliphatic carbocycles. The van der Waals surface area contributed by atoms with Crippen LogP contribution in [-0.2, 0) is 0 Å². The molecule has 0 saturated carbocycles. The Bertz CT molecular complexity index is 633. The molecule has 20 heavy (non-hydrogen) atoms. The predicted octanol–water partition coefficient (Wildman–Crippen LogP) is 4.67. The van der Waals surface area contributed by atoms with Crippen LogP contribution < -0.4 is 0 Å². The van der Waals surface area contributed by atoms with Crippen LogP contribution in [0, 0.1) is 16.0 Å². The number of halogens is 1. The van der Waals surface area contributed by atoms with Crippen molar-refractivity contribution in [2.24, 2.45) is 5.92 Å². The molecule has 0 fully saturated rings. The number of hydrogen-bond donors (Lipinski definition) is 0. The van der Waals surface area contributed by atoms with Crippen LogP contribution >= 0.6 is 15.9 Å². The molecule has 0 bridgehead atoms. The molecule has 0 N–H and O–H groups in total. The lowest BCUT2D eigenvalue weighted by Gasteiger charge is -2.25. The van der Waals surface area contributed by atoms with E-state index >= 15 is 0 Å². The van der Waals surface area contributed by atoms with Gasteiger partial charge in [-0.05, 0) is 23.5 Å². The van der Waals surface area contributed by atoms with E-state index in [1.807, 2.05) is 18.2 Å². The number of hydrogen-bond acceptors (Lipinski definition) is 3. The second-order valence-electron chi connectivity index (χ2n) is 5.28. The van der Waals surface area contributed by atoms with Gasteiger partial charge < -0.3 is 0 Å². The van der Waals surface area contributed by atoms with E-state index in [9.17, 15) is 10.1 Å². The van der Waals surface area contributed by atoms with Crippen molar-refractivity contribution in [3.63, 3.8) is 0 Å². The lowest BCUT2D eigenvalue weighted by Crippen LogP contribution is -2.16. The fraction of sp³-hybridized carbons (Fsp3) is 0.400. The molecule has 0 amide bonds. The average molecular weight is 337 g/mol. The Morgan fingerprint density at radius 3 is 2.50 bits per heavy atom. The molecule has 0 radical (unpaired) electrons. The van der Waals surface area contributed by atoms with Crippen LogP contribution in [0.15, 0.2) is 30.5 Å². The van der Waals surface area contributed by atoms with E-state index in [0.29, 0.717) is 11.4 Å². The van der Waals surface area contributed by atoms with E-state index in [-0.39, 0.29) is 21.4 Å². The van der Waals surface area contributed by atoms with Gasteiger partial charge >= 0.3 is 0 Å². The molecule has 5 heteroatoms. The maximum atomic E-state index is 11.1. The van der Waals surface area contributed by atoms with Gasteiger partial charge in [0.2, 0.25) is 0 Å². The summed E-state index contributed by atoms with van der Waals surface area (Å²) in [5.41, 5.74) is 1.64. The molecular weight excluding hydrogens is 320 g/mol. The summed E-state index contributed by atoms with van der Waals surface area (Å²) in [7, 11) is 0. The number of aromatic nitrogens is 1. The number of nitro groups is 1. The van der Waals surface area contributed by atoms with E-state index in [0.717, 1.165) is 10.9 Å². The highest BCUT2D eigenvalue weighted by Crippen LogP contribution is 2.38. The van der Waals surface area contributed by atoms with Crippen molar-refractivity contribution in [1.82, 2.24) is 4.98 Å². The minimum absolute atomic E-state index is 0.0640. The van der Waals surface area contributed by atoms with Gasteiger partial charge in [-0.3, -0.25) is 10.1 Å². The lowest BCUT2D eigenvalue weighted by molar-refractivity contribution is -0.383. The van der Waals surface area contributed by atoms with Crippen molar-refractivity contribution in [1.29, 1.82) is 0 Å². The number of nitrogens with zero attached hydrogens (tertiary/aromatic N) is 2. The van der Waals surface area contributed by atoms with Gasteiger partial charge in [-0.2, -0.15) is 0 Å². The van der Waals surface area contributed by atoms with Gasteiger partial charge in [-0.25, -0.2) is 4.98 Å². The molecule has 2 rings (SSSR count). The molecule has 2 aromatic rings. The van der Waals surface area contributed by atoms with Gasteiger partial charge in [0.05, 0.1) is 4.92 Å². The van der Waals surface area contributed by atoms with Crippen LogP contribution in [0.4, 0.5) is 5.69 Å². The fourth-order valence-corrected chi connectivity index (χ4v) is 3.65. The van der Waals surface area contributed by atoms with Crippen molar-refractivity contribution >= 4 is 32.5 Å².